The molecule has 0 bridgehead atoms. The first-order chi connectivity index (χ1) is 13.3. The van der Waals surface area contributed by atoms with Gasteiger partial charge in [-0.3, -0.25) is 9.59 Å². The van der Waals surface area contributed by atoms with Crippen molar-refractivity contribution in [3.05, 3.63) is 70.1 Å². The highest BCUT2D eigenvalue weighted by Gasteiger charge is 2.40. The van der Waals surface area contributed by atoms with E-state index in [2.05, 4.69) is 5.10 Å². The fourth-order valence-corrected chi connectivity index (χ4v) is 4.74. The topological polar surface area (TPSA) is 129 Å². The molecule has 4 rings (SSSR count). The smallest absolute Gasteiger partial charge is 0.274 e. The van der Waals surface area contributed by atoms with E-state index in [0.29, 0.717) is 4.31 Å². The number of carboxylic acid groups (broad SMARTS) is 1. The fraction of sp³-hybridized carbons (Fsp3) is 0.111. The number of hydrogen-bond acceptors (Lipinski definition) is 7. The van der Waals surface area contributed by atoms with Gasteiger partial charge in [-0.25, -0.2) is 17.4 Å². The zero-order chi connectivity index (χ0) is 20.1. The Kier molecular flexibility index (Phi) is 4.00. The highest BCUT2D eigenvalue weighted by atomic mass is 32.2. The van der Waals surface area contributed by atoms with Crippen molar-refractivity contribution in [2.24, 2.45) is 0 Å². The Bertz CT molecular complexity index is 1310. The number of fused-ring (bicyclic) bond motifs is 2. The molecule has 0 unspecified atom stereocenters. The van der Waals surface area contributed by atoms with Gasteiger partial charge in [-0.1, -0.05) is 30.3 Å². The molecule has 0 aliphatic carbocycles. The summed E-state index contributed by atoms with van der Waals surface area (Å²) in [5, 5.41) is 15.4. The molecule has 1 aliphatic rings. The molecule has 0 radical (unpaired) electrons. The molecule has 28 heavy (non-hydrogen) atoms. The largest absolute Gasteiger partial charge is 0.543 e. The lowest BCUT2D eigenvalue weighted by molar-refractivity contribution is -0.255. The van der Waals surface area contributed by atoms with Gasteiger partial charge in [-0.05, 0) is 18.2 Å². The quantitative estimate of drug-likeness (QED) is 0.585. The molecule has 2 aromatic carbocycles. The molecule has 2 heterocycles. The first-order valence-electron chi connectivity index (χ1n) is 8.19. The molecule has 1 aliphatic heterocycles. The fourth-order valence-electron chi connectivity index (χ4n) is 3.18. The Balaban J connectivity index is 1.73. The lowest BCUT2D eigenvalue weighted by Crippen LogP contribution is -2.37. The predicted octanol–water partition coefficient (Wildman–Crippen LogP) is -0.395. The van der Waals surface area contributed by atoms with Crippen molar-refractivity contribution in [1.82, 2.24) is 14.1 Å². The van der Waals surface area contributed by atoms with Crippen LogP contribution in [0.4, 0.5) is 0 Å². The highest BCUT2D eigenvalue weighted by Crippen LogP contribution is 2.29. The van der Waals surface area contributed by atoms with E-state index in [1.54, 1.807) is 18.2 Å². The van der Waals surface area contributed by atoms with E-state index in [-0.39, 0.29) is 34.3 Å². The van der Waals surface area contributed by atoms with Crippen LogP contribution in [0.5, 0.6) is 0 Å². The summed E-state index contributed by atoms with van der Waals surface area (Å²) >= 11 is 0. The number of benzene rings is 2. The minimum Gasteiger partial charge on any atom is -0.543 e. The minimum atomic E-state index is -4.04. The second-order valence-electron chi connectivity index (χ2n) is 6.09. The molecule has 142 valence electrons. The maximum Gasteiger partial charge on any atom is 0.274 e. The number of carbonyl (C=O) groups is 2. The number of carbonyl (C=O) groups excluding carboxylic acids is 2. The van der Waals surface area contributed by atoms with Crippen LogP contribution in [0.1, 0.15) is 20.8 Å². The average Bonchev–Trinajstić information content (AvgIpc) is 2.88. The van der Waals surface area contributed by atoms with Crippen molar-refractivity contribution in [2.45, 2.75) is 11.4 Å². The van der Waals surface area contributed by atoms with Gasteiger partial charge in [0.2, 0.25) is 0 Å². The maximum absolute atomic E-state index is 12.6. The van der Waals surface area contributed by atoms with Crippen molar-refractivity contribution < 1.29 is 23.1 Å². The summed E-state index contributed by atoms with van der Waals surface area (Å²) < 4.78 is 26.6. The van der Waals surface area contributed by atoms with Crippen molar-refractivity contribution in [3.63, 3.8) is 0 Å². The highest BCUT2D eigenvalue weighted by molar-refractivity contribution is 7.90. The first kappa shape index (κ1) is 17.9. The van der Waals surface area contributed by atoms with E-state index >= 15 is 0 Å². The lowest BCUT2D eigenvalue weighted by atomic mass is 10.1. The second kappa shape index (κ2) is 6.27. The van der Waals surface area contributed by atoms with E-state index in [1.165, 1.54) is 30.3 Å². The van der Waals surface area contributed by atoms with E-state index in [1.807, 2.05) is 0 Å². The number of amides is 1. The summed E-state index contributed by atoms with van der Waals surface area (Å²) in [5.41, 5.74) is -0.979. The normalized spacial score (nSPS) is 15.0. The van der Waals surface area contributed by atoms with Crippen LogP contribution in [0.2, 0.25) is 0 Å². The number of sulfonamides is 1. The summed E-state index contributed by atoms with van der Waals surface area (Å²) in [6, 6.07) is 11.8. The zero-order valence-electron chi connectivity index (χ0n) is 14.2. The van der Waals surface area contributed by atoms with Crippen LogP contribution in [-0.2, 0) is 16.6 Å². The third kappa shape index (κ3) is 2.57. The van der Waals surface area contributed by atoms with Gasteiger partial charge in [0.1, 0.15) is 10.6 Å². The van der Waals surface area contributed by atoms with Gasteiger partial charge >= 0.3 is 0 Å². The third-order valence-electron chi connectivity index (χ3n) is 4.49. The van der Waals surface area contributed by atoms with Crippen LogP contribution >= 0.6 is 0 Å². The number of rotatable bonds is 4. The van der Waals surface area contributed by atoms with Crippen LogP contribution < -0.4 is 10.7 Å². The molecule has 0 saturated heterocycles. The van der Waals surface area contributed by atoms with E-state index in [4.69, 9.17) is 0 Å². The first-order valence-corrected chi connectivity index (χ1v) is 9.63. The standard InChI is InChI=1S/C18H13N3O6S/c22-16-12-6-2-1-5-11(12)15(18(24)25)19-20(16)9-10-21-17(23)13-7-3-4-8-14(13)28(21,26)27/h1-8H,9-10H2,(H,24,25)/p-1. The maximum atomic E-state index is 12.6. The Morgan fingerprint density at radius 2 is 1.61 bits per heavy atom. The minimum absolute atomic E-state index is 0.0525. The lowest BCUT2D eigenvalue weighted by Gasteiger charge is -2.16. The Hall–Kier alpha value is -3.53. The van der Waals surface area contributed by atoms with Gasteiger partial charge in [0, 0.05) is 5.39 Å². The number of hydrogen-bond donors (Lipinski definition) is 0. The number of aromatic nitrogens is 2. The van der Waals surface area contributed by atoms with Gasteiger partial charge in [0.25, 0.3) is 21.5 Å². The molecule has 0 saturated carbocycles. The SMILES string of the molecule is O=C([O-])c1nn(CCN2C(=O)c3ccccc3S2(=O)=O)c(=O)c2ccccc12. The van der Waals surface area contributed by atoms with E-state index < -0.39 is 33.2 Å². The van der Waals surface area contributed by atoms with Crippen LogP contribution in [0.15, 0.2) is 58.2 Å². The Labute approximate surface area is 158 Å². The van der Waals surface area contributed by atoms with Crippen molar-refractivity contribution >= 4 is 32.7 Å². The van der Waals surface area contributed by atoms with Gasteiger partial charge < -0.3 is 9.90 Å². The third-order valence-corrected chi connectivity index (χ3v) is 6.33. The van der Waals surface area contributed by atoms with Crippen LogP contribution in [0, 0.1) is 0 Å². The molecule has 0 spiro atoms. The van der Waals surface area contributed by atoms with Gasteiger partial charge in [-0.2, -0.15) is 5.10 Å². The van der Waals surface area contributed by atoms with Crippen LogP contribution in [0.3, 0.4) is 0 Å². The molecule has 3 aromatic rings. The summed E-state index contributed by atoms with van der Waals surface area (Å²) in [6.07, 6.45) is 0. The van der Waals surface area contributed by atoms with E-state index in [9.17, 15) is 27.9 Å². The molecule has 10 heteroatoms. The van der Waals surface area contributed by atoms with Crippen molar-refractivity contribution in [3.8, 4) is 0 Å². The van der Waals surface area contributed by atoms with Crippen LogP contribution in [-0.4, -0.2) is 40.9 Å². The van der Waals surface area contributed by atoms with E-state index in [0.717, 1.165) is 4.68 Å². The molecular formula is C18H12N3O6S-. The van der Waals surface area contributed by atoms with Gasteiger partial charge in [0.15, 0.2) is 0 Å². The predicted molar refractivity (Wildman–Crippen MR) is 95.0 cm³/mol. The number of carboxylic acids is 1. The van der Waals surface area contributed by atoms with Crippen molar-refractivity contribution in [1.29, 1.82) is 0 Å². The summed E-state index contributed by atoms with van der Waals surface area (Å²) in [7, 11) is -4.04. The number of aromatic carboxylic acids is 1. The summed E-state index contributed by atoms with van der Waals surface area (Å²) in [5.74, 6) is -2.27. The second-order valence-corrected chi connectivity index (χ2v) is 7.92. The molecule has 9 nitrogen and oxygen atoms in total. The number of nitrogens with zero attached hydrogens (tertiary/aromatic N) is 3. The summed E-state index contributed by atoms with van der Waals surface area (Å²) in [4.78, 5) is 36.3. The molecule has 1 aromatic heterocycles. The molecule has 0 N–H and O–H groups in total. The Morgan fingerprint density at radius 1 is 0.964 bits per heavy atom. The van der Waals surface area contributed by atoms with Gasteiger partial charge in [-0.15, -0.1) is 0 Å². The monoisotopic (exact) mass is 398 g/mol. The molecule has 0 atom stereocenters. The van der Waals surface area contributed by atoms with Crippen molar-refractivity contribution in [2.75, 3.05) is 6.54 Å². The zero-order valence-corrected chi connectivity index (χ0v) is 15.0. The molecule has 1 amide bonds. The molecular weight excluding hydrogens is 386 g/mol. The summed E-state index contributed by atoms with van der Waals surface area (Å²) in [6.45, 7) is -0.670. The average molecular weight is 398 g/mol. The van der Waals surface area contributed by atoms with Crippen LogP contribution in [0.25, 0.3) is 10.8 Å². The van der Waals surface area contributed by atoms with Gasteiger partial charge in [0.05, 0.1) is 30.0 Å². The molecule has 0 fully saturated rings. The Morgan fingerprint density at radius 3 is 2.29 bits per heavy atom.